The Balaban J connectivity index is 2.15. The highest BCUT2D eigenvalue weighted by Crippen LogP contribution is 2.28. The Morgan fingerprint density at radius 1 is 1.37 bits per heavy atom. The van der Waals surface area contributed by atoms with E-state index in [4.69, 9.17) is 11.6 Å². The van der Waals surface area contributed by atoms with Crippen LogP contribution in [0.4, 0.5) is 5.69 Å². The van der Waals surface area contributed by atoms with E-state index < -0.39 is 0 Å². The highest BCUT2D eigenvalue weighted by molar-refractivity contribution is 7.09. The van der Waals surface area contributed by atoms with Gasteiger partial charge < -0.3 is 10.2 Å². The number of thiophene rings is 1. The SMILES string of the molecule is CNC(C)c1ccc(N(C)Cc2cccs2)cc1Cl. The molecule has 0 spiro atoms. The minimum Gasteiger partial charge on any atom is -0.369 e. The van der Waals surface area contributed by atoms with Crippen LogP contribution < -0.4 is 10.2 Å². The summed E-state index contributed by atoms with van der Waals surface area (Å²) in [7, 11) is 4.03. The molecular formula is C15H19ClN2S. The highest BCUT2D eigenvalue weighted by atomic mass is 35.5. The van der Waals surface area contributed by atoms with Gasteiger partial charge in [0.2, 0.25) is 0 Å². The molecule has 0 radical (unpaired) electrons. The van der Waals surface area contributed by atoms with Crippen molar-refractivity contribution in [1.29, 1.82) is 0 Å². The molecule has 4 heteroatoms. The van der Waals surface area contributed by atoms with Gasteiger partial charge in [-0.25, -0.2) is 0 Å². The molecule has 1 heterocycles. The van der Waals surface area contributed by atoms with E-state index in [0.717, 1.165) is 22.8 Å². The molecular weight excluding hydrogens is 276 g/mol. The predicted octanol–water partition coefficient (Wildman–Crippen LogP) is 4.32. The summed E-state index contributed by atoms with van der Waals surface area (Å²) in [5, 5.41) is 6.13. The Morgan fingerprint density at radius 3 is 2.74 bits per heavy atom. The van der Waals surface area contributed by atoms with Crippen molar-refractivity contribution in [2.45, 2.75) is 19.5 Å². The fourth-order valence-corrected chi connectivity index (χ4v) is 3.08. The van der Waals surface area contributed by atoms with Gasteiger partial charge in [-0.3, -0.25) is 0 Å². The first kappa shape index (κ1) is 14.4. The van der Waals surface area contributed by atoms with Crippen LogP contribution in [0.25, 0.3) is 0 Å². The van der Waals surface area contributed by atoms with Crippen LogP contribution in [0, 0.1) is 0 Å². The third-order valence-corrected chi connectivity index (χ3v) is 4.49. The number of anilines is 1. The van der Waals surface area contributed by atoms with E-state index in [0.29, 0.717) is 0 Å². The van der Waals surface area contributed by atoms with Gasteiger partial charge in [-0.1, -0.05) is 23.7 Å². The summed E-state index contributed by atoms with van der Waals surface area (Å²) >= 11 is 8.14. The minimum atomic E-state index is 0.268. The molecule has 2 aromatic rings. The van der Waals surface area contributed by atoms with Crippen molar-refractivity contribution >= 4 is 28.6 Å². The number of nitrogens with zero attached hydrogens (tertiary/aromatic N) is 1. The second-order valence-electron chi connectivity index (χ2n) is 4.65. The van der Waals surface area contributed by atoms with Gasteiger partial charge in [0.15, 0.2) is 0 Å². The molecule has 2 nitrogen and oxygen atoms in total. The molecule has 1 N–H and O–H groups in total. The van der Waals surface area contributed by atoms with Gasteiger partial charge in [0.05, 0.1) is 6.54 Å². The lowest BCUT2D eigenvalue weighted by Crippen LogP contribution is -2.16. The minimum absolute atomic E-state index is 0.268. The van der Waals surface area contributed by atoms with Gasteiger partial charge in [0, 0.05) is 28.7 Å². The Labute approximate surface area is 124 Å². The lowest BCUT2D eigenvalue weighted by molar-refractivity contribution is 0.652. The van der Waals surface area contributed by atoms with Gasteiger partial charge in [-0.2, -0.15) is 0 Å². The average Bonchev–Trinajstić information content (AvgIpc) is 2.90. The van der Waals surface area contributed by atoms with Crippen LogP contribution in [0.15, 0.2) is 35.7 Å². The zero-order valence-corrected chi connectivity index (χ0v) is 13.1. The molecule has 1 aromatic carbocycles. The molecule has 1 unspecified atom stereocenters. The van der Waals surface area contributed by atoms with Gasteiger partial charge in [0.25, 0.3) is 0 Å². The van der Waals surface area contributed by atoms with Crippen molar-refractivity contribution in [3.63, 3.8) is 0 Å². The van der Waals surface area contributed by atoms with Crippen LogP contribution in [0.1, 0.15) is 23.4 Å². The summed E-state index contributed by atoms with van der Waals surface area (Å²) < 4.78 is 0. The third kappa shape index (κ3) is 3.50. The number of benzene rings is 1. The second kappa shape index (κ2) is 6.42. The molecule has 1 atom stereocenters. The van der Waals surface area contributed by atoms with E-state index in [9.17, 15) is 0 Å². The number of hydrogen-bond donors (Lipinski definition) is 1. The Kier molecular flexibility index (Phi) is 4.86. The number of rotatable bonds is 5. The number of nitrogens with one attached hydrogen (secondary N) is 1. The molecule has 0 aliphatic heterocycles. The molecule has 0 saturated heterocycles. The predicted molar refractivity (Wildman–Crippen MR) is 85.4 cm³/mol. The summed E-state index contributed by atoms with van der Waals surface area (Å²) in [6.45, 7) is 3.02. The van der Waals surface area contributed by atoms with Crippen LogP contribution in [0.3, 0.4) is 0 Å². The molecule has 19 heavy (non-hydrogen) atoms. The van der Waals surface area contributed by atoms with E-state index in [1.807, 2.05) is 13.1 Å². The Bertz CT molecular complexity index is 525. The van der Waals surface area contributed by atoms with Crippen molar-refractivity contribution in [1.82, 2.24) is 5.32 Å². The summed E-state index contributed by atoms with van der Waals surface area (Å²) in [6, 6.07) is 10.8. The van der Waals surface area contributed by atoms with Crippen molar-refractivity contribution in [2.75, 3.05) is 19.0 Å². The molecule has 0 fully saturated rings. The molecule has 0 saturated carbocycles. The normalized spacial score (nSPS) is 12.4. The lowest BCUT2D eigenvalue weighted by atomic mass is 10.1. The fourth-order valence-electron chi connectivity index (χ4n) is 1.99. The van der Waals surface area contributed by atoms with Crippen LogP contribution in [-0.4, -0.2) is 14.1 Å². The van der Waals surface area contributed by atoms with Crippen molar-refractivity contribution in [2.24, 2.45) is 0 Å². The first-order valence-corrected chi connectivity index (χ1v) is 7.58. The van der Waals surface area contributed by atoms with Crippen LogP contribution in [-0.2, 0) is 6.54 Å². The Morgan fingerprint density at radius 2 is 2.16 bits per heavy atom. The standard InChI is InChI=1S/C15H19ClN2S/c1-11(17-2)14-7-6-12(9-15(14)16)18(3)10-13-5-4-8-19-13/h4-9,11,17H,10H2,1-3H3. The first-order chi connectivity index (χ1) is 9.11. The van der Waals surface area contributed by atoms with E-state index >= 15 is 0 Å². The molecule has 0 bridgehead atoms. The van der Waals surface area contributed by atoms with Crippen LogP contribution >= 0.6 is 22.9 Å². The fraction of sp³-hybridized carbons (Fsp3) is 0.333. The quantitative estimate of drug-likeness (QED) is 0.883. The number of halogens is 1. The average molecular weight is 295 g/mol. The second-order valence-corrected chi connectivity index (χ2v) is 6.09. The maximum absolute atomic E-state index is 6.36. The summed E-state index contributed by atoms with van der Waals surface area (Å²) in [6.07, 6.45) is 0. The first-order valence-electron chi connectivity index (χ1n) is 6.32. The maximum atomic E-state index is 6.36. The van der Waals surface area contributed by atoms with E-state index in [-0.39, 0.29) is 6.04 Å². The lowest BCUT2D eigenvalue weighted by Gasteiger charge is -2.21. The van der Waals surface area contributed by atoms with Crippen LogP contribution in [0.2, 0.25) is 5.02 Å². The van der Waals surface area contributed by atoms with Crippen molar-refractivity contribution in [3.8, 4) is 0 Å². The highest BCUT2D eigenvalue weighted by Gasteiger charge is 2.10. The molecule has 0 aliphatic carbocycles. The van der Waals surface area contributed by atoms with Crippen LogP contribution in [0.5, 0.6) is 0 Å². The van der Waals surface area contributed by atoms with Gasteiger partial charge in [-0.05, 0) is 43.1 Å². The monoisotopic (exact) mass is 294 g/mol. The van der Waals surface area contributed by atoms with Gasteiger partial charge in [0.1, 0.15) is 0 Å². The topological polar surface area (TPSA) is 15.3 Å². The third-order valence-electron chi connectivity index (χ3n) is 3.30. The van der Waals surface area contributed by atoms with E-state index in [1.54, 1.807) is 11.3 Å². The van der Waals surface area contributed by atoms with Gasteiger partial charge in [-0.15, -0.1) is 11.3 Å². The van der Waals surface area contributed by atoms with Crippen molar-refractivity contribution in [3.05, 3.63) is 51.2 Å². The summed E-state index contributed by atoms with van der Waals surface area (Å²) in [5.74, 6) is 0. The largest absolute Gasteiger partial charge is 0.369 e. The molecule has 2 rings (SSSR count). The van der Waals surface area contributed by atoms with E-state index in [2.05, 4.69) is 53.8 Å². The van der Waals surface area contributed by atoms with E-state index in [1.165, 1.54) is 4.88 Å². The zero-order valence-electron chi connectivity index (χ0n) is 11.5. The zero-order chi connectivity index (χ0) is 13.8. The van der Waals surface area contributed by atoms with Crippen molar-refractivity contribution < 1.29 is 0 Å². The summed E-state index contributed by atoms with van der Waals surface area (Å²) in [5.41, 5.74) is 2.28. The maximum Gasteiger partial charge on any atom is 0.0519 e. The summed E-state index contributed by atoms with van der Waals surface area (Å²) in [4.78, 5) is 3.57. The molecule has 1 aromatic heterocycles. The van der Waals surface area contributed by atoms with Gasteiger partial charge >= 0.3 is 0 Å². The number of hydrogen-bond acceptors (Lipinski definition) is 3. The Hall–Kier alpha value is -1.03. The molecule has 102 valence electrons. The molecule has 0 amide bonds. The smallest absolute Gasteiger partial charge is 0.0519 e. The molecule has 0 aliphatic rings.